The molecule has 5 nitrogen and oxygen atoms in total. The number of nitrogen functional groups attached to an aromatic ring is 1. The molecule has 0 aromatic carbocycles. The average molecular weight is 210 g/mol. The van der Waals surface area contributed by atoms with Crippen molar-refractivity contribution in [2.24, 2.45) is 0 Å². The number of aryl methyl sites for hydroxylation is 1. The molecule has 1 aromatic rings. The molecule has 84 valence electrons. The summed E-state index contributed by atoms with van der Waals surface area (Å²) in [6.07, 6.45) is 0.968. The van der Waals surface area contributed by atoms with E-state index in [2.05, 4.69) is 14.9 Å². The van der Waals surface area contributed by atoms with Gasteiger partial charge in [-0.2, -0.15) is 4.98 Å². The SMILES string of the molecule is Cc1nc(N)cc(OCCCN(C)C)n1. The molecule has 0 atom stereocenters. The van der Waals surface area contributed by atoms with E-state index in [0.717, 1.165) is 13.0 Å². The van der Waals surface area contributed by atoms with Crippen molar-refractivity contribution in [1.82, 2.24) is 14.9 Å². The lowest BCUT2D eigenvalue weighted by atomic mass is 10.4. The first-order valence-electron chi connectivity index (χ1n) is 4.96. The van der Waals surface area contributed by atoms with Gasteiger partial charge in [0.1, 0.15) is 11.6 Å². The van der Waals surface area contributed by atoms with Crippen molar-refractivity contribution < 1.29 is 4.74 Å². The largest absolute Gasteiger partial charge is 0.477 e. The van der Waals surface area contributed by atoms with Crippen LogP contribution < -0.4 is 10.5 Å². The highest BCUT2D eigenvalue weighted by atomic mass is 16.5. The van der Waals surface area contributed by atoms with Gasteiger partial charge in [-0.05, 0) is 27.4 Å². The quantitative estimate of drug-likeness (QED) is 0.725. The van der Waals surface area contributed by atoms with Crippen molar-refractivity contribution in [3.63, 3.8) is 0 Å². The molecule has 2 N–H and O–H groups in total. The van der Waals surface area contributed by atoms with Crippen molar-refractivity contribution >= 4 is 5.82 Å². The van der Waals surface area contributed by atoms with Crippen molar-refractivity contribution in [2.45, 2.75) is 13.3 Å². The van der Waals surface area contributed by atoms with Crippen LogP contribution in [0.2, 0.25) is 0 Å². The summed E-state index contributed by atoms with van der Waals surface area (Å²) in [6, 6.07) is 1.64. The van der Waals surface area contributed by atoms with E-state index in [9.17, 15) is 0 Å². The third-order valence-electron chi connectivity index (χ3n) is 1.83. The molecule has 0 bridgehead atoms. The Morgan fingerprint density at radius 2 is 2.13 bits per heavy atom. The van der Waals surface area contributed by atoms with Gasteiger partial charge >= 0.3 is 0 Å². The first kappa shape index (κ1) is 11.7. The number of anilines is 1. The summed E-state index contributed by atoms with van der Waals surface area (Å²) in [6.45, 7) is 3.44. The Labute approximate surface area is 90.3 Å². The second kappa shape index (κ2) is 5.50. The molecule has 0 radical (unpaired) electrons. The fraction of sp³-hybridized carbons (Fsp3) is 0.600. The molecule has 0 aliphatic heterocycles. The van der Waals surface area contributed by atoms with Crippen molar-refractivity contribution in [1.29, 1.82) is 0 Å². The van der Waals surface area contributed by atoms with E-state index in [4.69, 9.17) is 10.5 Å². The van der Waals surface area contributed by atoms with E-state index >= 15 is 0 Å². The topological polar surface area (TPSA) is 64.3 Å². The lowest BCUT2D eigenvalue weighted by Crippen LogP contribution is -2.15. The number of nitrogens with two attached hydrogens (primary N) is 1. The van der Waals surface area contributed by atoms with E-state index in [-0.39, 0.29) is 0 Å². The third-order valence-corrected chi connectivity index (χ3v) is 1.83. The molecule has 15 heavy (non-hydrogen) atoms. The van der Waals surface area contributed by atoms with Crippen LogP contribution in [0.15, 0.2) is 6.07 Å². The summed E-state index contributed by atoms with van der Waals surface area (Å²) in [5.41, 5.74) is 5.57. The van der Waals surface area contributed by atoms with Gasteiger partial charge in [-0.3, -0.25) is 0 Å². The number of nitrogens with zero attached hydrogens (tertiary/aromatic N) is 3. The van der Waals surface area contributed by atoms with Crippen LogP contribution in [0.1, 0.15) is 12.2 Å². The molecule has 0 aliphatic rings. The van der Waals surface area contributed by atoms with Gasteiger partial charge in [0.25, 0.3) is 0 Å². The summed E-state index contributed by atoms with van der Waals surface area (Å²) >= 11 is 0. The van der Waals surface area contributed by atoms with Crippen LogP contribution >= 0.6 is 0 Å². The zero-order chi connectivity index (χ0) is 11.3. The summed E-state index contributed by atoms with van der Waals surface area (Å²) in [5.74, 6) is 1.64. The lowest BCUT2D eigenvalue weighted by molar-refractivity contribution is 0.272. The van der Waals surface area contributed by atoms with Gasteiger partial charge in [-0.1, -0.05) is 0 Å². The molecule has 0 unspecified atom stereocenters. The number of ether oxygens (including phenoxy) is 1. The van der Waals surface area contributed by atoms with E-state index in [1.807, 2.05) is 14.1 Å². The summed E-state index contributed by atoms with van der Waals surface area (Å²) in [5, 5.41) is 0. The molecule has 0 fully saturated rings. The van der Waals surface area contributed by atoms with Crippen molar-refractivity contribution in [3.8, 4) is 5.88 Å². The molecule has 0 saturated heterocycles. The first-order valence-corrected chi connectivity index (χ1v) is 4.96. The molecule has 0 amide bonds. The molecule has 1 heterocycles. The minimum Gasteiger partial charge on any atom is -0.477 e. The highest BCUT2D eigenvalue weighted by Crippen LogP contribution is 2.10. The molecule has 0 spiro atoms. The highest BCUT2D eigenvalue weighted by molar-refractivity contribution is 5.32. The first-order chi connectivity index (χ1) is 7.08. The lowest BCUT2D eigenvalue weighted by Gasteiger charge is -2.10. The van der Waals surface area contributed by atoms with Crippen LogP contribution in [0, 0.1) is 6.92 Å². The number of rotatable bonds is 5. The zero-order valence-corrected chi connectivity index (χ0v) is 9.53. The molecule has 0 saturated carbocycles. The number of hydrogen-bond donors (Lipinski definition) is 1. The summed E-state index contributed by atoms with van der Waals surface area (Å²) < 4.78 is 5.46. The Balaban J connectivity index is 2.37. The Morgan fingerprint density at radius 3 is 2.73 bits per heavy atom. The van der Waals surface area contributed by atoms with Gasteiger partial charge in [0.15, 0.2) is 0 Å². The molecular weight excluding hydrogens is 192 g/mol. The fourth-order valence-corrected chi connectivity index (χ4v) is 1.19. The van der Waals surface area contributed by atoms with Gasteiger partial charge in [0.05, 0.1) is 6.61 Å². The van der Waals surface area contributed by atoms with Crippen LogP contribution in [-0.4, -0.2) is 42.1 Å². The standard InChI is InChI=1S/C10H18N4O/c1-8-12-9(11)7-10(13-8)15-6-4-5-14(2)3/h7H,4-6H2,1-3H3,(H2,11,12,13). The van der Waals surface area contributed by atoms with Crippen LogP contribution in [0.3, 0.4) is 0 Å². The van der Waals surface area contributed by atoms with Gasteiger partial charge in [-0.15, -0.1) is 0 Å². The van der Waals surface area contributed by atoms with Crippen LogP contribution in [0.25, 0.3) is 0 Å². The van der Waals surface area contributed by atoms with Crippen molar-refractivity contribution in [3.05, 3.63) is 11.9 Å². The normalized spacial score (nSPS) is 10.7. The molecule has 5 heteroatoms. The predicted octanol–water partition coefficient (Wildman–Crippen LogP) is 0.698. The van der Waals surface area contributed by atoms with Crippen LogP contribution in [0.4, 0.5) is 5.82 Å². The molecular formula is C10H18N4O. The van der Waals surface area contributed by atoms with Gasteiger partial charge in [-0.25, -0.2) is 4.98 Å². The second-order valence-electron chi connectivity index (χ2n) is 3.68. The van der Waals surface area contributed by atoms with E-state index in [0.29, 0.717) is 24.1 Å². The van der Waals surface area contributed by atoms with E-state index < -0.39 is 0 Å². The Kier molecular flexibility index (Phi) is 4.30. The van der Waals surface area contributed by atoms with Crippen LogP contribution in [-0.2, 0) is 0 Å². The van der Waals surface area contributed by atoms with Gasteiger partial charge in [0, 0.05) is 12.6 Å². The zero-order valence-electron chi connectivity index (χ0n) is 9.53. The molecule has 0 aliphatic carbocycles. The summed E-state index contributed by atoms with van der Waals surface area (Å²) in [4.78, 5) is 10.2. The Bertz CT molecular complexity index is 294. The van der Waals surface area contributed by atoms with Gasteiger partial charge < -0.3 is 15.4 Å². The predicted molar refractivity (Wildman–Crippen MR) is 59.8 cm³/mol. The fourth-order valence-electron chi connectivity index (χ4n) is 1.19. The highest BCUT2D eigenvalue weighted by Gasteiger charge is 2.00. The monoisotopic (exact) mass is 210 g/mol. The Hall–Kier alpha value is -1.36. The van der Waals surface area contributed by atoms with E-state index in [1.54, 1.807) is 13.0 Å². The Morgan fingerprint density at radius 1 is 1.40 bits per heavy atom. The minimum atomic E-state index is 0.449. The average Bonchev–Trinajstić information content (AvgIpc) is 2.10. The minimum absolute atomic E-state index is 0.449. The van der Waals surface area contributed by atoms with E-state index in [1.165, 1.54) is 0 Å². The number of hydrogen-bond acceptors (Lipinski definition) is 5. The second-order valence-corrected chi connectivity index (χ2v) is 3.68. The van der Waals surface area contributed by atoms with Crippen molar-refractivity contribution in [2.75, 3.05) is 33.0 Å². The van der Waals surface area contributed by atoms with Crippen LogP contribution in [0.5, 0.6) is 5.88 Å². The third kappa shape index (κ3) is 4.60. The maximum absolute atomic E-state index is 5.57. The number of aromatic nitrogens is 2. The maximum atomic E-state index is 5.57. The summed E-state index contributed by atoms with van der Waals surface area (Å²) in [7, 11) is 4.07. The van der Waals surface area contributed by atoms with Gasteiger partial charge in [0.2, 0.25) is 5.88 Å². The molecule has 1 rings (SSSR count). The smallest absolute Gasteiger partial charge is 0.218 e. The maximum Gasteiger partial charge on any atom is 0.218 e. The molecule has 1 aromatic heterocycles.